The van der Waals surface area contributed by atoms with E-state index in [4.69, 9.17) is 0 Å². The summed E-state index contributed by atoms with van der Waals surface area (Å²) in [5.74, 6) is -0.454. The van der Waals surface area contributed by atoms with E-state index in [1.54, 1.807) is 0 Å². The molecule has 0 aliphatic rings. The maximum atomic E-state index is 11.6. The number of carbonyl (C=O) groups excluding carboxylic acids is 2. The zero-order valence-corrected chi connectivity index (χ0v) is 10.7. The van der Waals surface area contributed by atoms with Crippen molar-refractivity contribution >= 4 is 12.1 Å². The summed E-state index contributed by atoms with van der Waals surface area (Å²) in [6.45, 7) is 10.1. The number of nitrogens with zero attached hydrogens (tertiary/aromatic N) is 1. The Morgan fingerprint density at radius 1 is 1.25 bits per heavy atom. The Labute approximate surface area is 97.7 Å². The minimum Gasteiger partial charge on any atom is -0.387 e. The summed E-state index contributed by atoms with van der Waals surface area (Å²) < 4.78 is 0. The van der Waals surface area contributed by atoms with E-state index in [1.165, 1.54) is 0 Å². The minimum absolute atomic E-state index is 0.380. The van der Waals surface area contributed by atoms with Crippen molar-refractivity contribution in [2.75, 3.05) is 19.6 Å². The molecule has 92 valence electrons. The normalized spacial score (nSPS) is 11.8. The zero-order chi connectivity index (χ0) is 12.6. The molecule has 0 amide bonds. The van der Waals surface area contributed by atoms with Crippen molar-refractivity contribution in [3.05, 3.63) is 11.4 Å². The summed E-state index contributed by atoms with van der Waals surface area (Å²) >= 11 is 0. The van der Waals surface area contributed by atoms with Gasteiger partial charge in [-0.25, -0.2) is 0 Å². The van der Waals surface area contributed by atoms with Gasteiger partial charge in [-0.1, -0.05) is 6.92 Å². The van der Waals surface area contributed by atoms with Crippen molar-refractivity contribution in [3.8, 4) is 0 Å². The Bertz CT molecular complexity index is 268. The van der Waals surface area contributed by atoms with E-state index in [0.29, 0.717) is 12.0 Å². The van der Waals surface area contributed by atoms with Crippen molar-refractivity contribution in [2.24, 2.45) is 0 Å². The van der Waals surface area contributed by atoms with E-state index in [2.05, 4.69) is 12.2 Å². The predicted octanol–water partition coefficient (Wildman–Crippen LogP) is 1.33. The van der Waals surface area contributed by atoms with Crippen LogP contribution in [0, 0.1) is 0 Å². The van der Waals surface area contributed by atoms with Crippen LogP contribution in [0.5, 0.6) is 0 Å². The second-order valence-electron chi connectivity index (χ2n) is 3.55. The van der Waals surface area contributed by atoms with Gasteiger partial charge in [-0.05, 0) is 27.2 Å². The average molecular weight is 226 g/mol. The van der Waals surface area contributed by atoms with Crippen LogP contribution in [-0.2, 0) is 9.59 Å². The van der Waals surface area contributed by atoms with Crippen LogP contribution >= 0.6 is 0 Å². The Hall–Kier alpha value is -1.32. The second kappa shape index (κ2) is 7.91. The summed E-state index contributed by atoms with van der Waals surface area (Å²) in [6.07, 6.45) is 1.36. The first-order valence-electron chi connectivity index (χ1n) is 5.81. The third-order valence-electron chi connectivity index (χ3n) is 2.42. The molecular formula is C12H22N2O2. The fraction of sp³-hybridized carbons (Fsp3) is 0.667. The maximum Gasteiger partial charge on any atom is 0.243 e. The third kappa shape index (κ3) is 4.04. The molecule has 0 aromatic carbocycles. The molecule has 1 N–H and O–H groups in total. The van der Waals surface area contributed by atoms with Crippen LogP contribution in [0.4, 0.5) is 0 Å². The highest BCUT2D eigenvalue weighted by Crippen LogP contribution is 2.09. The molecule has 0 bridgehead atoms. The SMILES string of the molecule is CCCN/C(C)=C(/C(=O)C=O)N(CC)CC. The number of aldehydes is 1. The number of nitrogens with one attached hydrogen (secondary N) is 1. The molecule has 0 radical (unpaired) electrons. The van der Waals surface area contributed by atoms with Gasteiger partial charge in [0.05, 0.1) is 0 Å². The van der Waals surface area contributed by atoms with Gasteiger partial charge < -0.3 is 10.2 Å². The molecule has 0 saturated carbocycles. The van der Waals surface area contributed by atoms with E-state index in [0.717, 1.165) is 31.8 Å². The van der Waals surface area contributed by atoms with Gasteiger partial charge in [0.2, 0.25) is 5.78 Å². The molecular weight excluding hydrogens is 204 g/mol. The van der Waals surface area contributed by atoms with E-state index >= 15 is 0 Å². The zero-order valence-electron chi connectivity index (χ0n) is 10.7. The van der Waals surface area contributed by atoms with Gasteiger partial charge in [0.1, 0.15) is 5.70 Å². The second-order valence-corrected chi connectivity index (χ2v) is 3.55. The molecule has 0 saturated heterocycles. The lowest BCUT2D eigenvalue weighted by Crippen LogP contribution is -2.32. The number of likely N-dealkylation sites (N-methyl/N-ethyl adjacent to an activating group) is 1. The Kier molecular flexibility index (Phi) is 7.25. The van der Waals surface area contributed by atoms with Crippen LogP contribution in [0.1, 0.15) is 34.1 Å². The number of hydrogen-bond donors (Lipinski definition) is 1. The largest absolute Gasteiger partial charge is 0.387 e. The Morgan fingerprint density at radius 3 is 2.19 bits per heavy atom. The predicted molar refractivity (Wildman–Crippen MR) is 65.0 cm³/mol. The molecule has 0 fully saturated rings. The smallest absolute Gasteiger partial charge is 0.243 e. The molecule has 0 atom stereocenters. The fourth-order valence-corrected chi connectivity index (χ4v) is 1.57. The quantitative estimate of drug-likeness (QED) is 0.385. The number of Topliss-reactive ketones (excluding diaryl/α,β-unsaturated/α-hetero) is 1. The lowest BCUT2D eigenvalue weighted by atomic mass is 10.2. The number of allylic oxidation sites excluding steroid dienone is 2. The van der Waals surface area contributed by atoms with Crippen LogP contribution in [-0.4, -0.2) is 36.6 Å². The van der Waals surface area contributed by atoms with Crippen molar-refractivity contribution in [1.82, 2.24) is 10.2 Å². The summed E-state index contributed by atoms with van der Waals surface area (Å²) in [4.78, 5) is 24.1. The first kappa shape index (κ1) is 14.7. The van der Waals surface area contributed by atoms with Gasteiger partial charge in [-0.15, -0.1) is 0 Å². The highest BCUT2D eigenvalue weighted by molar-refractivity contribution is 6.32. The monoisotopic (exact) mass is 226 g/mol. The first-order valence-corrected chi connectivity index (χ1v) is 5.81. The van der Waals surface area contributed by atoms with E-state index in [9.17, 15) is 9.59 Å². The number of ketones is 1. The Morgan fingerprint density at radius 2 is 1.81 bits per heavy atom. The van der Waals surface area contributed by atoms with E-state index < -0.39 is 5.78 Å². The van der Waals surface area contributed by atoms with E-state index in [1.807, 2.05) is 25.7 Å². The lowest BCUT2D eigenvalue weighted by molar-refractivity contribution is -0.128. The molecule has 0 rings (SSSR count). The van der Waals surface area contributed by atoms with Crippen molar-refractivity contribution in [1.29, 1.82) is 0 Å². The van der Waals surface area contributed by atoms with Gasteiger partial charge in [0.25, 0.3) is 0 Å². The molecule has 0 unspecified atom stereocenters. The highest BCUT2D eigenvalue weighted by Gasteiger charge is 2.17. The maximum absolute atomic E-state index is 11.6. The summed E-state index contributed by atoms with van der Waals surface area (Å²) in [7, 11) is 0. The number of rotatable bonds is 8. The van der Waals surface area contributed by atoms with Crippen LogP contribution in [0.25, 0.3) is 0 Å². The molecule has 4 nitrogen and oxygen atoms in total. The van der Waals surface area contributed by atoms with Crippen molar-refractivity contribution in [3.63, 3.8) is 0 Å². The summed E-state index contributed by atoms with van der Waals surface area (Å²) in [5.41, 5.74) is 1.27. The van der Waals surface area contributed by atoms with E-state index in [-0.39, 0.29) is 0 Å². The molecule has 16 heavy (non-hydrogen) atoms. The average Bonchev–Trinajstić information content (AvgIpc) is 2.31. The molecule has 0 aromatic heterocycles. The highest BCUT2D eigenvalue weighted by atomic mass is 16.2. The number of carbonyl (C=O) groups is 2. The minimum atomic E-state index is -0.454. The fourth-order valence-electron chi connectivity index (χ4n) is 1.57. The van der Waals surface area contributed by atoms with Crippen molar-refractivity contribution < 1.29 is 9.59 Å². The standard InChI is InChI=1S/C12H22N2O2/c1-5-8-13-10(4)12(11(16)9-15)14(6-2)7-3/h9,13H,5-8H2,1-4H3/b12-10-. The Balaban J connectivity index is 5.03. The van der Waals surface area contributed by atoms with Gasteiger partial charge in [0.15, 0.2) is 6.29 Å². The first-order chi connectivity index (χ1) is 7.62. The van der Waals surface area contributed by atoms with Gasteiger partial charge >= 0.3 is 0 Å². The topological polar surface area (TPSA) is 49.4 Å². The molecule has 0 spiro atoms. The van der Waals surface area contributed by atoms with Crippen LogP contribution in [0.3, 0.4) is 0 Å². The lowest BCUT2D eigenvalue weighted by Gasteiger charge is -2.24. The van der Waals surface area contributed by atoms with Crippen LogP contribution in [0.15, 0.2) is 11.4 Å². The summed E-state index contributed by atoms with van der Waals surface area (Å²) in [5, 5.41) is 3.15. The summed E-state index contributed by atoms with van der Waals surface area (Å²) in [6, 6.07) is 0. The number of hydrogen-bond acceptors (Lipinski definition) is 4. The van der Waals surface area contributed by atoms with Gasteiger partial charge in [-0.2, -0.15) is 0 Å². The molecule has 0 aliphatic heterocycles. The van der Waals surface area contributed by atoms with Gasteiger partial charge in [0, 0.05) is 25.3 Å². The van der Waals surface area contributed by atoms with Crippen LogP contribution in [0.2, 0.25) is 0 Å². The van der Waals surface area contributed by atoms with Crippen molar-refractivity contribution in [2.45, 2.75) is 34.1 Å². The molecule has 4 heteroatoms. The molecule has 0 heterocycles. The van der Waals surface area contributed by atoms with Crippen LogP contribution < -0.4 is 5.32 Å². The van der Waals surface area contributed by atoms with Gasteiger partial charge in [-0.3, -0.25) is 9.59 Å². The molecule has 0 aromatic rings. The third-order valence-corrected chi connectivity index (χ3v) is 2.42. The molecule has 0 aliphatic carbocycles.